The van der Waals surface area contributed by atoms with Gasteiger partial charge in [0.25, 0.3) is 5.69 Å². The van der Waals surface area contributed by atoms with Gasteiger partial charge in [0.1, 0.15) is 67.4 Å². The number of nitrogens with zero attached hydrogens (tertiary/aromatic N) is 2. The molecule has 1 heterocycles. The Hall–Kier alpha value is -7.10. The van der Waals surface area contributed by atoms with E-state index in [1.807, 2.05) is 0 Å². The van der Waals surface area contributed by atoms with Gasteiger partial charge < -0.3 is 56.2 Å². The van der Waals surface area contributed by atoms with E-state index in [4.69, 9.17) is 19.9 Å². The van der Waals surface area contributed by atoms with Crippen molar-refractivity contribution >= 4 is 75.0 Å². The second kappa shape index (κ2) is 23.2. The summed E-state index contributed by atoms with van der Waals surface area (Å²) >= 11 is 0. The van der Waals surface area contributed by atoms with Crippen molar-refractivity contribution in [2.45, 2.75) is 89.2 Å². The van der Waals surface area contributed by atoms with E-state index >= 15 is 0 Å². The van der Waals surface area contributed by atoms with Crippen LogP contribution in [0.25, 0.3) is 21.8 Å². The smallest absolute Gasteiger partial charge is 0.328 e. The molecule has 4 rings (SSSR count). The van der Waals surface area contributed by atoms with Crippen LogP contribution in [0.3, 0.4) is 0 Å². The summed E-state index contributed by atoms with van der Waals surface area (Å²) < 4.78 is 16.1. The number of primary amides is 1. The molecule has 0 bridgehead atoms. The third-order valence-electron chi connectivity index (χ3n) is 9.52. The lowest BCUT2D eigenvalue weighted by Crippen LogP contribution is -2.57. The van der Waals surface area contributed by atoms with Crippen molar-refractivity contribution in [1.82, 2.24) is 20.9 Å². The van der Waals surface area contributed by atoms with Crippen molar-refractivity contribution in [3.8, 4) is 0 Å². The Bertz CT molecular complexity index is 2300. The summed E-state index contributed by atoms with van der Waals surface area (Å²) in [5.74, 6) is -5.02. The number of aliphatic hydroxyl groups is 2. The molecule has 8 N–H and O–H groups in total. The maximum atomic E-state index is 13.2. The predicted molar refractivity (Wildman–Crippen MR) is 224 cm³/mol. The maximum absolute atomic E-state index is 13.2. The fraction of sp³-hybridized carbons (Fsp3) is 0.381. The number of ether oxygens (including phenoxy) is 3. The van der Waals surface area contributed by atoms with Crippen molar-refractivity contribution in [2.24, 2.45) is 5.73 Å². The average molecular weight is 876 g/mol. The lowest BCUT2D eigenvalue weighted by Gasteiger charge is -2.32. The summed E-state index contributed by atoms with van der Waals surface area (Å²) in [6, 6.07) is 15.8. The zero-order valence-corrected chi connectivity index (χ0v) is 34.6. The minimum absolute atomic E-state index is 0.0798. The number of rotatable bonds is 24. The van der Waals surface area contributed by atoms with Crippen LogP contribution >= 0.6 is 0 Å². The third-order valence-corrected chi connectivity index (χ3v) is 9.52. The number of aliphatic hydroxyl groups excluding tert-OH is 2. The number of nitrogens with one attached hydrogen (secondary N) is 4. The van der Waals surface area contributed by atoms with Gasteiger partial charge in [-0.05, 0) is 38.0 Å². The minimum atomic E-state index is -2.06. The van der Waals surface area contributed by atoms with Crippen molar-refractivity contribution < 1.29 is 62.9 Å². The number of fused-ring (bicyclic) bond motifs is 2. The monoisotopic (exact) mass is 875 g/mol. The molecule has 1 aromatic heterocycles. The van der Waals surface area contributed by atoms with Gasteiger partial charge in [0.15, 0.2) is 0 Å². The molecule has 21 nitrogen and oxygen atoms in total. The molecule has 0 aliphatic heterocycles. The lowest BCUT2D eigenvalue weighted by molar-refractivity contribution is -0.383. The van der Waals surface area contributed by atoms with Crippen molar-refractivity contribution in [2.75, 3.05) is 18.5 Å². The zero-order chi connectivity index (χ0) is 46.2. The maximum Gasteiger partial charge on any atom is 0.328 e. The molecule has 7 atom stereocenters. The third kappa shape index (κ3) is 14.0. The molecule has 63 heavy (non-hydrogen) atoms. The van der Waals surface area contributed by atoms with Crippen molar-refractivity contribution in [3.05, 3.63) is 88.5 Å². The fourth-order valence-corrected chi connectivity index (χ4v) is 6.28. The molecule has 3 aromatic carbocycles. The van der Waals surface area contributed by atoms with E-state index < -0.39 is 89.6 Å². The topological polar surface area (TPSA) is 318 Å². The Morgan fingerprint density at radius 2 is 1.56 bits per heavy atom. The van der Waals surface area contributed by atoms with Gasteiger partial charge in [-0.3, -0.25) is 34.1 Å². The highest BCUT2D eigenvalue weighted by Crippen LogP contribution is 2.36. The highest BCUT2D eigenvalue weighted by Gasteiger charge is 2.38. The second-order valence-corrected chi connectivity index (χ2v) is 14.3. The number of benzene rings is 3. The van der Waals surface area contributed by atoms with Crippen LogP contribution in [-0.4, -0.2) is 118 Å². The average Bonchev–Trinajstić information content (AvgIpc) is 3.26. The molecule has 0 fully saturated rings. The van der Waals surface area contributed by atoms with Gasteiger partial charge in [-0.25, -0.2) is 9.78 Å². The molecule has 0 aliphatic carbocycles. The summed E-state index contributed by atoms with van der Waals surface area (Å²) in [6.45, 7) is 2.49. The molecule has 21 heteroatoms. The SMILES string of the molecule is CC(=O)NC(C=O)C(O[C@H](C)C(=O)NC(C)C(=O)NC(CCC(N)=O)C(=O)OCc1ccccc1)C(O)C(O)COC(=O)CCNc1c2ccccc2nc2cccc([N+](=O)[O-])c12. The number of aromatic nitrogens is 1. The Labute approximate surface area is 360 Å². The first-order valence-corrected chi connectivity index (χ1v) is 19.7. The van der Waals surface area contributed by atoms with Crippen LogP contribution in [0.2, 0.25) is 0 Å². The van der Waals surface area contributed by atoms with Crippen molar-refractivity contribution in [1.29, 1.82) is 0 Å². The number of hydrogen-bond donors (Lipinski definition) is 7. The van der Waals surface area contributed by atoms with Crippen LogP contribution in [0.15, 0.2) is 72.8 Å². The Kier molecular flexibility index (Phi) is 17.9. The molecular formula is C42H49N7O14. The standard InChI is InChI=1S/C42H49N7O14/c1-23(40(56)48-30(16-17-34(43)53)42(58)62-21-26-10-5-4-6-11-26)45-41(57)24(2)63-39(31(20-50)46-25(3)51)38(55)33(52)22-61-35(54)18-19-44-37-27-12-7-8-13-28(27)47-29-14-9-15-32(36(29)37)49(59)60/h4-15,20,23-24,30-31,33,38-39,52,55H,16-19,21-22H2,1-3H3,(H2,43,53)(H,44,47)(H,45,57)(H,46,51)(H,48,56)/t23?,24-,30?,31?,33?,38?,39?/m1/s1. The molecule has 336 valence electrons. The van der Waals surface area contributed by atoms with E-state index in [0.29, 0.717) is 27.7 Å². The summed E-state index contributed by atoms with van der Waals surface area (Å²) in [5, 5.41) is 44.8. The van der Waals surface area contributed by atoms with E-state index in [9.17, 15) is 53.9 Å². The molecule has 0 saturated carbocycles. The van der Waals surface area contributed by atoms with Gasteiger partial charge in [0, 0.05) is 31.3 Å². The number of carbonyl (C=O) groups is 7. The number of hydrogen-bond acceptors (Lipinski definition) is 16. The van der Waals surface area contributed by atoms with Gasteiger partial charge in [-0.2, -0.15) is 0 Å². The van der Waals surface area contributed by atoms with Gasteiger partial charge in [-0.1, -0.05) is 54.6 Å². The summed E-state index contributed by atoms with van der Waals surface area (Å²) in [6.07, 6.45) is -7.95. The summed E-state index contributed by atoms with van der Waals surface area (Å²) in [5.41, 5.74) is 6.96. The minimum Gasteiger partial charge on any atom is -0.463 e. The van der Waals surface area contributed by atoms with Crippen LogP contribution < -0.4 is 27.0 Å². The first kappa shape index (κ1) is 48.6. The van der Waals surface area contributed by atoms with Crippen molar-refractivity contribution in [3.63, 3.8) is 0 Å². The van der Waals surface area contributed by atoms with Crippen LogP contribution in [0.5, 0.6) is 0 Å². The van der Waals surface area contributed by atoms with Crippen LogP contribution in [0, 0.1) is 10.1 Å². The number of nitrogens with two attached hydrogens (primary N) is 1. The van der Waals surface area contributed by atoms with Gasteiger partial charge in [0.05, 0.1) is 28.1 Å². The molecule has 6 unspecified atom stereocenters. The van der Waals surface area contributed by atoms with E-state index in [2.05, 4.69) is 26.3 Å². The number of anilines is 1. The zero-order valence-electron chi connectivity index (χ0n) is 34.6. The Morgan fingerprint density at radius 3 is 2.22 bits per heavy atom. The number of para-hydroxylation sites is 1. The number of nitro groups is 1. The molecule has 0 spiro atoms. The highest BCUT2D eigenvalue weighted by molar-refractivity contribution is 6.11. The van der Waals surface area contributed by atoms with E-state index in [-0.39, 0.29) is 49.8 Å². The Morgan fingerprint density at radius 1 is 0.873 bits per heavy atom. The normalized spacial score (nSPS) is 14.4. The van der Waals surface area contributed by atoms with Crippen LogP contribution in [0.4, 0.5) is 11.4 Å². The van der Waals surface area contributed by atoms with E-state index in [0.717, 1.165) is 6.92 Å². The van der Waals surface area contributed by atoms with Crippen LogP contribution in [0.1, 0.15) is 45.6 Å². The summed E-state index contributed by atoms with van der Waals surface area (Å²) in [7, 11) is 0. The number of carbonyl (C=O) groups excluding carboxylic acids is 7. The highest BCUT2D eigenvalue weighted by atomic mass is 16.6. The Balaban J connectivity index is 1.36. The number of aldehydes is 1. The predicted octanol–water partition coefficient (Wildman–Crippen LogP) is 0.839. The van der Waals surface area contributed by atoms with Gasteiger partial charge in [0.2, 0.25) is 23.6 Å². The molecule has 0 radical (unpaired) electrons. The van der Waals surface area contributed by atoms with E-state index in [1.54, 1.807) is 60.7 Å². The summed E-state index contributed by atoms with van der Waals surface area (Å²) in [4.78, 5) is 103. The van der Waals surface area contributed by atoms with E-state index in [1.165, 1.54) is 26.0 Å². The molecule has 0 saturated heterocycles. The number of nitro benzene ring substituents is 1. The lowest BCUT2D eigenvalue weighted by atomic mass is 10.0. The number of amides is 4. The number of esters is 2. The van der Waals surface area contributed by atoms with Gasteiger partial charge in [-0.15, -0.1) is 0 Å². The largest absolute Gasteiger partial charge is 0.463 e. The number of non-ortho nitro benzene ring substituents is 1. The second-order valence-electron chi connectivity index (χ2n) is 14.3. The quantitative estimate of drug-likeness (QED) is 0.0169. The molecule has 4 aromatic rings. The molecular weight excluding hydrogens is 826 g/mol. The molecule has 4 amide bonds. The fourth-order valence-electron chi connectivity index (χ4n) is 6.28. The van der Waals surface area contributed by atoms with Crippen LogP contribution in [-0.2, 0) is 54.4 Å². The molecule has 0 aliphatic rings. The first-order valence-electron chi connectivity index (χ1n) is 19.7. The van der Waals surface area contributed by atoms with Gasteiger partial charge >= 0.3 is 11.9 Å². The first-order chi connectivity index (χ1) is 30.0. The number of pyridine rings is 1.